The largest absolute Gasteiger partial charge is 0.475 e. The van der Waals surface area contributed by atoms with E-state index in [4.69, 9.17) is 4.74 Å². The first-order valence-corrected chi connectivity index (χ1v) is 7.37. The summed E-state index contributed by atoms with van der Waals surface area (Å²) in [7, 11) is 0. The molecular formula is C18H25NO2. The van der Waals surface area contributed by atoms with Gasteiger partial charge in [0.2, 0.25) is 5.90 Å². The molecule has 0 bridgehead atoms. The third-order valence-corrected chi connectivity index (χ3v) is 3.45. The number of hydrogen-bond donors (Lipinski definition) is 1. The van der Waals surface area contributed by atoms with E-state index in [1.165, 1.54) is 0 Å². The van der Waals surface area contributed by atoms with E-state index in [-0.39, 0.29) is 11.0 Å². The molecule has 0 saturated heterocycles. The minimum absolute atomic E-state index is 0.233. The maximum absolute atomic E-state index is 10.7. The van der Waals surface area contributed by atoms with Crippen LogP contribution in [0.15, 0.2) is 40.9 Å². The van der Waals surface area contributed by atoms with E-state index in [0.717, 1.165) is 11.1 Å². The van der Waals surface area contributed by atoms with Gasteiger partial charge in [0.25, 0.3) is 0 Å². The minimum Gasteiger partial charge on any atom is -0.475 e. The molecule has 3 nitrogen and oxygen atoms in total. The second-order valence-electron chi connectivity index (χ2n) is 7.30. The third-order valence-electron chi connectivity index (χ3n) is 3.45. The average Bonchev–Trinajstić information content (AvgIpc) is 2.75. The number of aliphatic hydroxyl groups is 1. The van der Waals surface area contributed by atoms with E-state index < -0.39 is 6.10 Å². The van der Waals surface area contributed by atoms with E-state index in [1.807, 2.05) is 71.0 Å². The summed E-state index contributed by atoms with van der Waals surface area (Å²) >= 11 is 0. The zero-order chi connectivity index (χ0) is 15.7. The van der Waals surface area contributed by atoms with Gasteiger partial charge in [-0.3, -0.25) is 0 Å². The van der Waals surface area contributed by atoms with Gasteiger partial charge >= 0.3 is 0 Å². The Morgan fingerprint density at radius 1 is 1.29 bits per heavy atom. The first-order valence-electron chi connectivity index (χ1n) is 7.37. The van der Waals surface area contributed by atoms with E-state index in [0.29, 0.717) is 12.5 Å². The third kappa shape index (κ3) is 3.94. The number of aliphatic imine (C=N–C) groups is 1. The van der Waals surface area contributed by atoms with Crippen LogP contribution in [0.1, 0.15) is 40.2 Å². The Labute approximate surface area is 127 Å². The van der Waals surface area contributed by atoms with Crippen molar-refractivity contribution >= 4 is 12.0 Å². The maximum atomic E-state index is 10.7. The minimum atomic E-state index is -0.634. The summed E-state index contributed by atoms with van der Waals surface area (Å²) in [6, 6.07) is 9.96. The topological polar surface area (TPSA) is 41.8 Å². The fraction of sp³-hybridized carbons (Fsp3) is 0.500. The Hall–Kier alpha value is -1.61. The van der Waals surface area contributed by atoms with Crippen molar-refractivity contribution < 1.29 is 9.84 Å². The van der Waals surface area contributed by atoms with Crippen molar-refractivity contribution in [2.24, 2.45) is 10.4 Å². The molecule has 0 radical (unpaired) electrons. The fourth-order valence-electron chi connectivity index (χ4n) is 2.19. The highest BCUT2D eigenvalue weighted by atomic mass is 16.5. The number of rotatable bonds is 3. The van der Waals surface area contributed by atoms with Crippen LogP contribution in [0.4, 0.5) is 0 Å². The number of hydrogen-bond acceptors (Lipinski definition) is 3. The smallest absolute Gasteiger partial charge is 0.215 e. The van der Waals surface area contributed by atoms with Crippen LogP contribution in [0.2, 0.25) is 0 Å². The van der Waals surface area contributed by atoms with Crippen LogP contribution in [-0.4, -0.2) is 29.3 Å². The molecule has 1 aromatic carbocycles. The lowest BCUT2D eigenvalue weighted by Gasteiger charge is -2.27. The Bertz CT molecular complexity index is 550. The van der Waals surface area contributed by atoms with Gasteiger partial charge in [-0.2, -0.15) is 0 Å². The Morgan fingerprint density at radius 2 is 1.90 bits per heavy atom. The Balaban J connectivity index is 2.44. The van der Waals surface area contributed by atoms with Crippen LogP contribution in [0.5, 0.6) is 0 Å². The summed E-state index contributed by atoms with van der Waals surface area (Å²) in [5.41, 5.74) is 1.27. The van der Waals surface area contributed by atoms with Crippen LogP contribution >= 0.6 is 0 Å². The molecule has 1 atom stereocenters. The van der Waals surface area contributed by atoms with Crippen molar-refractivity contribution in [1.82, 2.24) is 0 Å². The second-order valence-corrected chi connectivity index (χ2v) is 7.30. The SMILES string of the molecule is CC1(C)COC(/C(=C/c2ccccc2)C(O)C(C)(C)C)=N1. The quantitative estimate of drug-likeness (QED) is 0.921. The highest BCUT2D eigenvalue weighted by Gasteiger charge is 2.34. The lowest BCUT2D eigenvalue weighted by atomic mass is 9.83. The van der Waals surface area contributed by atoms with Crippen LogP contribution < -0.4 is 0 Å². The average molecular weight is 287 g/mol. The lowest BCUT2D eigenvalue weighted by Crippen LogP contribution is -2.31. The van der Waals surface area contributed by atoms with Gasteiger partial charge in [-0.15, -0.1) is 0 Å². The standard InChI is InChI=1S/C18H25NO2/c1-17(2,3)15(20)14(11-13-9-7-6-8-10-13)16-19-18(4,5)12-21-16/h6-11,15,20H,12H2,1-5H3/b14-11+. The predicted molar refractivity (Wildman–Crippen MR) is 87.3 cm³/mol. The molecule has 0 amide bonds. The molecule has 0 aliphatic carbocycles. The maximum Gasteiger partial charge on any atom is 0.215 e. The van der Waals surface area contributed by atoms with Gasteiger partial charge in [-0.05, 0) is 30.9 Å². The van der Waals surface area contributed by atoms with Gasteiger partial charge in [0.05, 0.1) is 11.6 Å². The molecule has 0 saturated carbocycles. The normalized spacial score (nSPS) is 19.9. The van der Waals surface area contributed by atoms with E-state index in [9.17, 15) is 5.11 Å². The summed E-state index contributed by atoms with van der Waals surface area (Å²) in [5.74, 6) is 0.561. The van der Waals surface area contributed by atoms with Gasteiger partial charge < -0.3 is 9.84 Å². The lowest BCUT2D eigenvalue weighted by molar-refractivity contribution is 0.0979. The molecule has 1 heterocycles. The monoisotopic (exact) mass is 287 g/mol. The van der Waals surface area contributed by atoms with Crippen molar-refractivity contribution in [3.63, 3.8) is 0 Å². The Kier molecular flexibility index (Phi) is 4.24. The van der Waals surface area contributed by atoms with E-state index in [2.05, 4.69) is 4.99 Å². The fourth-order valence-corrected chi connectivity index (χ4v) is 2.19. The summed E-state index contributed by atoms with van der Waals surface area (Å²) < 4.78 is 5.74. The van der Waals surface area contributed by atoms with Gasteiger partial charge in [0.15, 0.2) is 0 Å². The predicted octanol–water partition coefficient (Wildman–Crippen LogP) is 3.68. The molecule has 0 spiro atoms. The molecule has 3 heteroatoms. The first kappa shape index (κ1) is 15.8. The van der Waals surface area contributed by atoms with Crippen LogP contribution in [0.25, 0.3) is 6.08 Å². The van der Waals surface area contributed by atoms with Gasteiger partial charge in [-0.25, -0.2) is 4.99 Å². The number of aliphatic hydroxyl groups excluding tert-OH is 1. The van der Waals surface area contributed by atoms with E-state index >= 15 is 0 Å². The molecule has 0 aromatic heterocycles. The van der Waals surface area contributed by atoms with E-state index in [1.54, 1.807) is 0 Å². The van der Waals surface area contributed by atoms with Crippen molar-refractivity contribution in [1.29, 1.82) is 0 Å². The zero-order valence-corrected chi connectivity index (χ0v) is 13.6. The van der Waals surface area contributed by atoms with Gasteiger partial charge in [-0.1, -0.05) is 51.1 Å². The number of ether oxygens (including phenoxy) is 1. The molecule has 114 valence electrons. The molecule has 1 unspecified atom stereocenters. The highest BCUT2D eigenvalue weighted by molar-refractivity contribution is 6.00. The van der Waals surface area contributed by atoms with Gasteiger partial charge in [0.1, 0.15) is 6.61 Å². The molecule has 1 N–H and O–H groups in total. The molecule has 1 aliphatic rings. The summed E-state index contributed by atoms with van der Waals surface area (Å²) in [5, 5.41) is 10.7. The summed E-state index contributed by atoms with van der Waals surface area (Å²) in [4.78, 5) is 4.62. The van der Waals surface area contributed by atoms with Crippen LogP contribution in [0.3, 0.4) is 0 Å². The zero-order valence-electron chi connectivity index (χ0n) is 13.6. The first-order chi connectivity index (χ1) is 9.69. The van der Waals surface area contributed by atoms with Crippen molar-refractivity contribution in [3.8, 4) is 0 Å². The molecule has 0 fully saturated rings. The van der Waals surface area contributed by atoms with Crippen molar-refractivity contribution in [2.75, 3.05) is 6.61 Å². The Morgan fingerprint density at radius 3 is 2.38 bits per heavy atom. The van der Waals surface area contributed by atoms with Crippen molar-refractivity contribution in [3.05, 3.63) is 41.5 Å². The molecule has 1 aliphatic heterocycles. The van der Waals surface area contributed by atoms with Crippen LogP contribution in [-0.2, 0) is 4.74 Å². The van der Waals surface area contributed by atoms with Gasteiger partial charge in [0, 0.05) is 5.57 Å². The van der Waals surface area contributed by atoms with Crippen LogP contribution in [0, 0.1) is 5.41 Å². The second kappa shape index (κ2) is 5.64. The number of nitrogens with zero attached hydrogens (tertiary/aromatic N) is 1. The number of benzene rings is 1. The van der Waals surface area contributed by atoms with Crippen molar-refractivity contribution in [2.45, 2.75) is 46.3 Å². The molecular weight excluding hydrogens is 262 g/mol. The summed E-state index contributed by atoms with van der Waals surface area (Å²) in [6.45, 7) is 10.6. The molecule has 1 aromatic rings. The molecule has 2 rings (SSSR count). The highest BCUT2D eigenvalue weighted by Crippen LogP contribution is 2.30. The summed E-state index contributed by atoms with van der Waals surface area (Å²) in [6.07, 6.45) is 1.33. The molecule has 21 heavy (non-hydrogen) atoms.